The van der Waals surface area contributed by atoms with Crippen LogP contribution in [0, 0.1) is 0 Å². The molecular formula is C21H24N4O2S. The van der Waals surface area contributed by atoms with Crippen molar-refractivity contribution in [1.29, 1.82) is 0 Å². The average Bonchev–Trinajstić information content (AvgIpc) is 3.00. The lowest BCUT2D eigenvalue weighted by Gasteiger charge is -2.27. The molecule has 0 saturated carbocycles. The van der Waals surface area contributed by atoms with E-state index in [1.807, 2.05) is 24.3 Å². The highest BCUT2D eigenvalue weighted by Gasteiger charge is 2.29. The van der Waals surface area contributed by atoms with Gasteiger partial charge in [0.25, 0.3) is 0 Å². The maximum absolute atomic E-state index is 13.4. The summed E-state index contributed by atoms with van der Waals surface area (Å²) in [5.41, 5.74) is 1.01. The molecular weight excluding hydrogens is 372 g/mol. The van der Waals surface area contributed by atoms with E-state index in [1.54, 1.807) is 41.1 Å². The first kappa shape index (κ1) is 19.0. The minimum atomic E-state index is -3.56. The normalized spacial score (nSPS) is 18.0. The second kappa shape index (κ2) is 7.95. The zero-order chi connectivity index (χ0) is 19.6. The molecule has 0 amide bonds. The Hall–Kier alpha value is -2.35. The van der Waals surface area contributed by atoms with Crippen molar-refractivity contribution < 1.29 is 8.42 Å². The Morgan fingerprint density at radius 3 is 2.68 bits per heavy atom. The van der Waals surface area contributed by atoms with Crippen LogP contribution in [-0.4, -0.2) is 53.8 Å². The predicted octanol–water partition coefficient (Wildman–Crippen LogP) is 3.09. The molecule has 0 bridgehead atoms. The second-order valence-electron chi connectivity index (χ2n) is 7.08. The Kier molecular flexibility index (Phi) is 5.39. The van der Waals surface area contributed by atoms with Crippen molar-refractivity contribution in [2.45, 2.75) is 24.3 Å². The molecule has 146 valence electrons. The van der Waals surface area contributed by atoms with Gasteiger partial charge in [-0.05, 0) is 37.6 Å². The van der Waals surface area contributed by atoms with Crippen LogP contribution in [0.2, 0.25) is 0 Å². The summed E-state index contributed by atoms with van der Waals surface area (Å²) in [4.78, 5) is 11.2. The van der Waals surface area contributed by atoms with Crippen LogP contribution in [0.5, 0.6) is 0 Å². The van der Waals surface area contributed by atoms with Crippen LogP contribution in [0.1, 0.15) is 25.1 Å². The molecule has 2 aromatic heterocycles. The first-order valence-corrected chi connectivity index (χ1v) is 11.0. The minimum Gasteiger partial charge on any atom is -0.294 e. The Morgan fingerprint density at radius 2 is 1.86 bits per heavy atom. The fourth-order valence-corrected chi connectivity index (χ4v) is 5.49. The van der Waals surface area contributed by atoms with E-state index in [0.29, 0.717) is 24.5 Å². The largest absolute Gasteiger partial charge is 0.294 e. The average molecular weight is 397 g/mol. The lowest BCUT2D eigenvalue weighted by molar-refractivity contribution is 0.218. The molecule has 0 spiro atoms. The molecule has 0 N–H and O–H groups in total. The number of rotatable bonds is 4. The van der Waals surface area contributed by atoms with Crippen molar-refractivity contribution in [2.75, 3.05) is 26.2 Å². The van der Waals surface area contributed by atoms with Gasteiger partial charge < -0.3 is 0 Å². The Labute approximate surface area is 165 Å². The third-order valence-electron chi connectivity index (χ3n) is 5.41. The first-order chi connectivity index (χ1) is 13.6. The molecule has 0 radical (unpaired) electrons. The van der Waals surface area contributed by atoms with Crippen molar-refractivity contribution >= 4 is 20.8 Å². The van der Waals surface area contributed by atoms with Crippen molar-refractivity contribution in [1.82, 2.24) is 19.2 Å². The van der Waals surface area contributed by atoms with E-state index in [4.69, 9.17) is 0 Å². The van der Waals surface area contributed by atoms with Gasteiger partial charge in [-0.3, -0.25) is 14.9 Å². The molecule has 1 unspecified atom stereocenters. The number of aromatic nitrogens is 2. The highest BCUT2D eigenvalue weighted by atomic mass is 32.2. The molecule has 1 atom stereocenters. The summed E-state index contributed by atoms with van der Waals surface area (Å²) in [5, 5.41) is 1.56. The van der Waals surface area contributed by atoms with Crippen LogP contribution < -0.4 is 0 Å². The maximum Gasteiger partial charge on any atom is 0.243 e. The Bertz CT molecular complexity index is 1050. The van der Waals surface area contributed by atoms with Crippen molar-refractivity contribution in [3.63, 3.8) is 0 Å². The number of nitrogens with zero attached hydrogens (tertiary/aromatic N) is 4. The van der Waals surface area contributed by atoms with Gasteiger partial charge in [0, 0.05) is 61.6 Å². The minimum absolute atomic E-state index is 0.160. The molecule has 1 aliphatic rings. The lowest BCUT2D eigenvalue weighted by atomic mass is 10.2. The monoisotopic (exact) mass is 396 g/mol. The summed E-state index contributed by atoms with van der Waals surface area (Å²) in [7, 11) is -3.56. The Balaban J connectivity index is 1.57. The van der Waals surface area contributed by atoms with Crippen molar-refractivity contribution in [3.05, 3.63) is 66.7 Å². The number of pyridine rings is 2. The summed E-state index contributed by atoms with van der Waals surface area (Å²) in [6, 6.07) is 13.2. The van der Waals surface area contributed by atoms with E-state index in [9.17, 15) is 8.42 Å². The SMILES string of the molecule is CC(c1ccccn1)N1CCCN(S(=O)(=O)c2cccc3cnccc23)CC1. The standard InChI is InChI=1S/C21H24N4O2S/c1-17(20-7-2-3-10-23-20)24-12-5-13-25(15-14-24)28(26,27)21-8-4-6-18-16-22-11-9-19(18)21/h2-4,6-11,16-17H,5,12-15H2,1H3. The van der Waals surface area contributed by atoms with E-state index in [1.165, 1.54) is 0 Å². The zero-order valence-electron chi connectivity index (χ0n) is 15.9. The van der Waals surface area contributed by atoms with Crippen LogP contribution in [0.25, 0.3) is 10.8 Å². The lowest BCUT2D eigenvalue weighted by Crippen LogP contribution is -2.36. The number of hydrogen-bond acceptors (Lipinski definition) is 5. The van der Waals surface area contributed by atoms with Gasteiger partial charge in [0.1, 0.15) is 0 Å². The van der Waals surface area contributed by atoms with Gasteiger partial charge in [-0.25, -0.2) is 8.42 Å². The summed E-state index contributed by atoms with van der Waals surface area (Å²) in [6.07, 6.45) is 5.94. The number of benzene rings is 1. The van der Waals surface area contributed by atoms with E-state index >= 15 is 0 Å². The molecule has 1 fully saturated rings. The topological polar surface area (TPSA) is 66.4 Å². The van der Waals surface area contributed by atoms with Gasteiger partial charge in [0.15, 0.2) is 0 Å². The summed E-state index contributed by atoms with van der Waals surface area (Å²) in [6.45, 7) is 4.66. The van der Waals surface area contributed by atoms with Crippen LogP contribution in [-0.2, 0) is 10.0 Å². The van der Waals surface area contributed by atoms with Crippen LogP contribution in [0.4, 0.5) is 0 Å². The molecule has 1 aliphatic heterocycles. The fraction of sp³-hybridized carbons (Fsp3) is 0.333. The highest BCUT2D eigenvalue weighted by Crippen LogP contribution is 2.27. The molecule has 1 saturated heterocycles. The first-order valence-electron chi connectivity index (χ1n) is 9.55. The van der Waals surface area contributed by atoms with Gasteiger partial charge in [-0.2, -0.15) is 4.31 Å². The van der Waals surface area contributed by atoms with Crippen LogP contribution in [0.15, 0.2) is 66.0 Å². The molecule has 0 aliphatic carbocycles. The van der Waals surface area contributed by atoms with Crippen LogP contribution >= 0.6 is 0 Å². The van der Waals surface area contributed by atoms with Crippen molar-refractivity contribution in [3.8, 4) is 0 Å². The van der Waals surface area contributed by atoms with E-state index < -0.39 is 10.0 Å². The third kappa shape index (κ3) is 3.65. The fourth-order valence-electron chi connectivity index (χ4n) is 3.81. The highest BCUT2D eigenvalue weighted by molar-refractivity contribution is 7.89. The molecule has 3 heterocycles. The van der Waals surface area contributed by atoms with Crippen LogP contribution in [0.3, 0.4) is 0 Å². The molecule has 6 nitrogen and oxygen atoms in total. The van der Waals surface area contributed by atoms with E-state index in [0.717, 1.165) is 29.4 Å². The quantitative estimate of drug-likeness (QED) is 0.678. The predicted molar refractivity (Wildman–Crippen MR) is 109 cm³/mol. The smallest absolute Gasteiger partial charge is 0.243 e. The Morgan fingerprint density at radius 1 is 0.964 bits per heavy atom. The maximum atomic E-state index is 13.4. The van der Waals surface area contributed by atoms with E-state index in [2.05, 4.69) is 21.8 Å². The van der Waals surface area contributed by atoms with E-state index in [-0.39, 0.29) is 6.04 Å². The molecule has 3 aromatic rings. The summed E-state index contributed by atoms with van der Waals surface area (Å²) in [5.74, 6) is 0. The van der Waals surface area contributed by atoms with Gasteiger partial charge in [0.2, 0.25) is 10.0 Å². The second-order valence-corrected chi connectivity index (χ2v) is 8.98. The molecule has 1 aromatic carbocycles. The zero-order valence-corrected chi connectivity index (χ0v) is 16.7. The summed E-state index contributed by atoms with van der Waals surface area (Å²) < 4.78 is 28.4. The van der Waals surface area contributed by atoms with Gasteiger partial charge in [0.05, 0.1) is 10.6 Å². The van der Waals surface area contributed by atoms with Gasteiger partial charge >= 0.3 is 0 Å². The molecule has 4 rings (SSSR count). The number of fused-ring (bicyclic) bond motifs is 1. The summed E-state index contributed by atoms with van der Waals surface area (Å²) >= 11 is 0. The number of sulfonamides is 1. The van der Waals surface area contributed by atoms with Gasteiger partial charge in [-0.15, -0.1) is 0 Å². The number of hydrogen-bond donors (Lipinski definition) is 0. The van der Waals surface area contributed by atoms with Gasteiger partial charge in [-0.1, -0.05) is 18.2 Å². The van der Waals surface area contributed by atoms with Crippen molar-refractivity contribution in [2.24, 2.45) is 0 Å². The molecule has 28 heavy (non-hydrogen) atoms. The molecule has 7 heteroatoms. The third-order valence-corrected chi connectivity index (χ3v) is 7.37.